The number of H-pyrrole nitrogens is 1. The SMILES string of the molecule is O/N=C(/c1c(/C=C/c2ccc(Cl)cc2)[nH]c2cc(Br)ccc12)C(F)(F)F. The van der Waals surface area contributed by atoms with E-state index in [4.69, 9.17) is 16.8 Å². The maximum absolute atomic E-state index is 13.3. The zero-order chi connectivity index (χ0) is 18.9. The van der Waals surface area contributed by atoms with Gasteiger partial charge in [-0.1, -0.05) is 57.0 Å². The van der Waals surface area contributed by atoms with Crippen LogP contribution in [0.5, 0.6) is 0 Å². The molecule has 0 aliphatic rings. The molecule has 0 saturated carbocycles. The minimum atomic E-state index is -4.81. The van der Waals surface area contributed by atoms with E-state index in [0.717, 1.165) is 5.56 Å². The van der Waals surface area contributed by atoms with Gasteiger partial charge in [0.15, 0.2) is 5.71 Å². The van der Waals surface area contributed by atoms with Crippen molar-refractivity contribution in [1.29, 1.82) is 0 Å². The highest BCUT2D eigenvalue weighted by Gasteiger charge is 2.40. The fourth-order valence-corrected chi connectivity index (χ4v) is 3.06. The zero-order valence-corrected chi connectivity index (χ0v) is 15.3. The molecule has 0 saturated heterocycles. The number of oxime groups is 1. The van der Waals surface area contributed by atoms with Crippen LogP contribution in [0.4, 0.5) is 13.2 Å². The fourth-order valence-electron chi connectivity index (χ4n) is 2.57. The van der Waals surface area contributed by atoms with Gasteiger partial charge in [-0.2, -0.15) is 13.2 Å². The summed E-state index contributed by atoms with van der Waals surface area (Å²) in [6.45, 7) is 0. The monoisotopic (exact) mass is 442 g/mol. The number of hydrogen-bond donors (Lipinski definition) is 2. The molecule has 2 aromatic carbocycles. The summed E-state index contributed by atoms with van der Waals surface area (Å²) in [5.41, 5.74) is -0.155. The van der Waals surface area contributed by atoms with Gasteiger partial charge in [0.1, 0.15) is 0 Å². The minimum Gasteiger partial charge on any atom is -0.410 e. The summed E-state index contributed by atoms with van der Waals surface area (Å²) in [6, 6.07) is 11.6. The number of fused-ring (bicyclic) bond motifs is 1. The van der Waals surface area contributed by atoms with Gasteiger partial charge in [0.2, 0.25) is 0 Å². The molecule has 26 heavy (non-hydrogen) atoms. The largest absolute Gasteiger partial charge is 0.437 e. The smallest absolute Gasteiger partial charge is 0.410 e. The number of aromatic nitrogens is 1. The summed E-state index contributed by atoms with van der Waals surface area (Å²) in [5, 5.41) is 12.4. The maximum Gasteiger partial charge on any atom is 0.437 e. The van der Waals surface area contributed by atoms with Gasteiger partial charge >= 0.3 is 6.18 Å². The summed E-state index contributed by atoms with van der Waals surface area (Å²) in [5.74, 6) is 0. The van der Waals surface area contributed by atoms with Crippen LogP contribution in [0, 0.1) is 0 Å². The first-order valence-electron chi connectivity index (χ1n) is 7.34. The van der Waals surface area contributed by atoms with Crippen molar-refractivity contribution in [2.75, 3.05) is 0 Å². The number of nitrogens with zero attached hydrogens (tertiary/aromatic N) is 1. The van der Waals surface area contributed by atoms with Gasteiger partial charge < -0.3 is 10.2 Å². The van der Waals surface area contributed by atoms with Crippen LogP contribution in [0.15, 0.2) is 52.1 Å². The van der Waals surface area contributed by atoms with E-state index in [1.807, 2.05) is 0 Å². The number of nitrogens with one attached hydrogen (secondary N) is 1. The molecule has 0 unspecified atom stereocenters. The third-order valence-corrected chi connectivity index (χ3v) is 4.45. The van der Waals surface area contributed by atoms with Crippen molar-refractivity contribution in [2.24, 2.45) is 5.16 Å². The van der Waals surface area contributed by atoms with Crippen LogP contribution >= 0.6 is 27.5 Å². The molecule has 0 spiro atoms. The van der Waals surface area contributed by atoms with Gasteiger partial charge in [-0.25, -0.2) is 0 Å². The Labute approximate surface area is 159 Å². The van der Waals surface area contributed by atoms with Crippen molar-refractivity contribution < 1.29 is 18.4 Å². The number of hydrogen-bond acceptors (Lipinski definition) is 2. The van der Waals surface area contributed by atoms with Crippen molar-refractivity contribution in [3.05, 3.63) is 68.8 Å². The molecule has 134 valence electrons. The van der Waals surface area contributed by atoms with Crippen molar-refractivity contribution >= 4 is 56.3 Å². The van der Waals surface area contributed by atoms with Gasteiger partial charge in [-0.3, -0.25) is 0 Å². The molecule has 2 N–H and O–H groups in total. The van der Waals surface area contributed by atoms with Gasteiger partial charge in [0, 0.05) is 31.7 Å². The van der Waals surface area contributed by atoms with Gasteiger partial charge in [-0.05, 0) is 35.9 Å². The van der Waals surface area contributed by atoms with Gasteiger partial charge in [0.25, 0.3) is 0 Å². The summed E-state index contributed by atoms with van der Waals surface area (Å²) in [6.07, 6.45) is -1.66. The minimum absolute atomic E-state index is 0.179. The Morgan fingerprint density at radius 1 is 1.12 bits per heavy atom. The summed E-state index contributed by atoms with van der Waals surface area (Å²) in [4.78, 5) is 2.94. The topological polar surface area (TPSA) is 48.4 Å². The summed E-state index contributed by atoms with van der Waals surface area (Å²) < 4.78 is 40.7. The fraction of sp³-hybridized carbons (Fsp3) is 0.0556. The van der Waals surface area contributed by atoms with Gasteiger partial charge in [0.05, 0.1) is 0 Å². The Morgan fingerprint density at radius 3 is 2.42 bits per heavy atom. The lowest BCUT2D eigenvalue weighted by atomic mass is 10.0. The average molecular weight is 444 g/mol. The number of benzene rings is 2. The number of rotatable bonds is 3. The second-order valence-electron chi connectivity index (χ2n) is 5.43. The molecule has 0 radical (unpaired) electrons. The standard InChI is InChI=1S/C18H11BrClF3N2O/c19-11-4-7-13-15(9-11)24-14(16(13)17(25-26)18(21,22)23)8-3-10-1-5-12(20)6-2-10/h1-9,24,26H/b8-3+,25-17-. The second-order valence-corrected chi connectivity index (χ2v) is 6.79. The summed E-state index contributed by atoms with van der Waals surface area (Å²) >= 11 is 9.12. The summed E-state index contributed by atoms with van der Waals surface area (Å²) in [7, 11) is 0. The zero-order valence-electron chi connectivity index (χ0n) is 13.0. The van der Waals surface area contributed by atoms with Crippen LogP contribution in [0.1, 0.15) is 16.8 Å². The van der Waals surface area contributed by atoms with Crippen LogP contribution in [0.25, 0.3) is 23.1 Å². The van der Waals surface area contributed by atoms with Gasteiger partial charge in [-0.15, -0.1) is 0 Å². The Kier molecular flexibility index (Phi) is 5.11. The first-order chi connectivity index (χ1) is 12.3. The predicted octanol–water partition coefficient (Wildman–Crippen LogP) is 6.49. The Bertz CT molecular complexity index is 1010. The van der Waals surface area contributed by atoms with Crippen LogP contribution in [0.2, 0.25) is 5.02 Å². The van der Waals surface area contributed by atoms with E-state index < -0.39 is 11.9 Å². The lowest BCUT2D eigenvalue weighted by Crippen LogP contribution is -2.24. The van der Waals surface area contributed by atoms with Crippen LogP contribution < -0.4 is 0 Å². The molecule has 1 aromatic heterocycles. The van der Waals surface area contributed by atoms with Crippen LogP contribution in [0.3, 0.4) is 0 Å². The molecule has 3 nitrogen and oxygen atoms in total. The molecular formula is C18H11BrClF3N2O. The Balaban J connectivity index is 2.17. The normalized spacial score (nSPS) is 13.0. The third kappa shape index (κ3) is 3.78. The van der Waals surface area contributed by atoms with E-state index in [0.29, 0.717) is 20.4 Å². The molecule has 0 atom stereocenters. The molecular weight excluding hydrogens is 433 g/mol. The van der Waals surface area contributed by atoms with Crippen molar-refractivity contribution in [2.45, 2.75) is 6.18 Å². The van der Waals surface area contributed by atoms with Crippen molar-refractivity contribution in [3.8, 4) is 0 Å². The first-order valence-corrected chi connectivity index (χ1v) is 8.51. The van der Waals surface area contributed by atoms with E-state index in [1.54, 1.807) is 42.5 Å². The molecule has 0 aliphatic heterocycles. The number of halogens is 5. The second kappa shape index (κ2) is 7.17. The lowest BCUT2D eigenvalue weighted by Gasteiger charge is -2.09. The first kappa shape index (κ1) is 18.5. The molecule has 0 amide bonds. The quantitative estimate of drug-likeness (QED) is 0.271. The molecule has 0 fully saturated rings. The molecule has 1 heterocycles. The van der Waals surface area contributed by atoms with Crippen molar-refractivity contribution in [3.63, 3.8) is 0 Å². The third-order valence-electron chi connectivity index (χ3n) is 3.71. The van der Waals surface area contributed by atoms with E-state index in [-0.39, 0.29) is 11.3 Å². The molecule has 0 bridgehead atoms. The van der Waals surface area contributed by atoms with E-state index in [2.05, 4.69) is 26.1 Å². The number of aromatic amines is 1. The van der Waals surface area contributed by atoms with E-state index in [1.165, 1.54) is 12.1 Å². The molecule has 0 aliphatic carbocycles. The van der Waals surface area contributed by atoms with E-state index >= 15 is 0 Å². The highest BCUT2D eigenvalue weighted by Crippen LogP contribution is 2.32. The molecule has 3 rings (SSSR count). The highest BCUT2D eigenvalue weighted by atomic mass is 79.9. The van der Waals surface area contributed by atoms with Crippen LogP contribution in [-0.2, 0) is 0 Å². The lowest BCUT2D eigenvalue weighted by molar-refractivity contribution is -0.0600. The van der Waals surface area contributed by atoms with E-state index in [9.17, 15) is 13.2 Å². The molecule has 3 aromatic rings. The maximum atomic E-state index is 13.3. The average Bonchev–Trinajstić information content (AvgIpc) is 2.91. The van der Waals surface area contributed by atoms with Crippen molar-refractivity contribution in [1.82, 2.24) is 4.98 Å². The number of alkyl halides is 3. The molecule has 8 heteroatoms. The Morgan fingerprint density at radius 2 is 1.81 bits per heavy atom. The Hall–Kier alpha value is -2.25. The van der Waals surface area contributed by atoms with Crippen LogP contribution in [-0.4, -0.2) is 22.1 Å². The predicted molar refractivity (Wildman–Crippen MR) is 101 cm³/mol. The highest BCUT2D eigenvalue weighted by molar-refractivity contribution is 9.10.